The Morgan fingerprint density at radius 3 is 2.41 bits per heavy atom. The molecule has 0 aromatic heterocycles. The third kappa shape index (κ3) is 2.96. The van der Waals surface area contributed by atoms with E-state index in [0.29, 0.717) is 5.69 Å². The number of sulfonamides is 1. The van der Waals surface area contributed by atoms with E-state index in [1.807, 2.05) is 19.1 Å². The van der Waals surface area contributed by atoms with Crippen molar-refractivity contribution in [1.29, 1.82) is 0 Å². The zero-order chi connectivity index (χ0) is 16.3. The zero-order valence-corrected chi connectivity index (χ0v) is 13.4. The molecule has 0 fully saturated rings. The quantitative estimate of drug-likeness (QED) is 0.813. The van der Waals surface area contributed by atoms with E-state index in [0.717, 1.165) is 5.56 Å². The summed E-state index contributed by atoms with van der Waals surface area (Å²) >= 11 is 0. The van der Waals surface area contributed by atoms with Gasteiger partial charge in [0.2, 0.25) is 0 Å². The number of nitrogens with zero attached hydrogens (tertiary/aromatic N) is 1. The second-order valence-corrected chi connectivity index (χ2v) is 6.75. The number of aryl methyl sites for hydroxylation is 1. The number of carbonyl (C=O) groups is 1. The standard InChI is InChI=1S/C16H17NO4S/c1-12-7-4-5-10-15(12)17(2)22(19,20)14-9-6-8-13(11-14)16(18)21-3/h4-11H,1-3H3. The average Bonchev–Trinajstić information content (AvgIpc) is 2.54. The molecule has 0 aliphatic carbocycles. The first-order chi connectivity index (χ1) is 10.4. The molecule has 0 spiro atoms. The van der Waals surface area contributed by atoms with E-state index in [1.165, 1.54) is 42.7 Å². The van der Waals surface area contributed by atoms with Gasteiger partial charge in [0.05, 0.1) is 23.3 Å². The van der Waals surface area contributed by atoms with Crippen LogP contribution in [0.2, 0.25) is 0 Å². The maximum atomic E-state index is 12.7. The predicted octanol–water partition coefficient (Wildman–Crippen LogP) is 2.61. The van der Waals surface area contributed by atoms with Crippen molar-refractivity contribution in [3.05, 3.63) is 59.7 Å². The van der Waals surface area contributed by atoms with E-state index in [1.54, 1.807) is 12.1 Å². The van der Waals surface area contributed by atoms with Crippen LogP contribution in [0.3, 0.4) is 0 Å². The third-order valence-electron chi connectivity index (χ3n) is 3.37. The van der Waals surface area contributed by atoms with Crippen molar-refractivity contribution in [2.75, 3.05) is 18.5 Å². The van der Waals surface area contributed by atoms with E-state index in [9.17, 15) is 13.2 Å². The monoisotopic (exact) mass is 319 g/mol. The summed E-state index contributed by atoms with van der Waals surface area (Å²) in [6.07, 6.45) is 0. The van der Waals surface area contributed by atoms with Gasteiger partial charge in [0.25, 0.3) is 10.0 Å². The van der Waals surface area contributed by atoms with Gasteiger partial charge in [-0.25, -0.2) is 13.2 Å². The number of benzene rings is 2. The van der Waals surface area contributed by atoms with E-state index in [4.69, 9.17) is 0 Å². The molecule has 2 rings (SSSR count). The molecule has 2 aromatic carbocycles. The van der Waals surface area contributed by atoms with Crippen molar-refractivity contribution in [3.63, 3.8) is 0 Å². The Kier molecular flexibility index (Phi) is 4.51. The molecule has 22 heavy (non-hydrogen) atoms. The van der Waals surface area contributed by atoms with Gasteiger partial charge in [-0.2, -0.15) is 0 Å². The zero-order valence-electron chi connectivity index (χ0n) is 12.6. The Balaban J connectivity index is 2.47. The number of methoxy groups -OCH3 is 1. The lowest BCUT2D eigenvalue weighted by atomic mass is 10.2. The van der Waals surface area contributed by atoms with Crippen LogP contribution >= 0.6 is 0 Å². The molecular formula is C16H17NO4S. The molecule has 0 amide bonds. The molecule has 0 radical (unpaired) electrons. The summed E-state index contributed by atoms with van der Waals surface area (Å²) in [7, 11) is -1.01. The lowest BCUT2D eigenvalue weighted by molar-refractivity contribution is 0.0600. The number of para-hydroxylation sites is 1. The molecule has 5 nitrogen and oxygen atoms in total. The van der Waals surface area contributed by atoms with Gasteiger partial charge in [-0.1, -0.05) is 24.3 Å². The lowest BCUT2D eigenvalue weighted by Crippen LogP contribution is -2.27. The number of ether oxygens (including phenoxy) is 1. The Morgan fingerprint density at radius 1 is 1.09 bits per heavy atom. The van der Waals surface area contributed by atoms with Gasteiger partial charge < -0.3 is 4.74 Å². The van der Waals surface area contributed by atoms with Crippen molar-refractivity contribution in [2.24, 2.45) is 0 Å². The van der Waals surface area contributed by atoms with Crippen LogP contribution in [0, 0.1) is 6.92 Å². The molecule has 0 unspecified atom stereocenters. The molecular weight excluding hydrogens is 302 g/mol. The fourth-order valence-electron chi connectivity index (χ4n) is 2.11. The highest BCUT2D eigenvalue weighted by Crippen LogP contribution is 2.25. The molecule has 0 heterocycles. The highest BCUT2D eigenvalue weighted by atomic mass is 32.2. The SMILES string of the molecule is COC(=O)c1cccc(S(=O)(=O)N(C)c2ccccc2C)c1. The maximum absolute atomic E-state index is 12.7. The summed E-state index contributed by atoms with van der Waals surface area (Å²) in [5, 5.41) is 0. The van der Waals surface area contributed by atoms with Gasteiger partial charge in [0.15, 0.2) is 0 Å². The van der Waals surface area contributed by atoms with Crippen LogP contribution in [-0.4, -0.2) is 28.5 Å². The smallest absolute Gasteiger partial charge is 0.337 e. The second-order valence-electron chi connectivity index (χ2n) is 4.78. The minimum absolute atomic E-state index is 0.0427. The Labute approximate surface area is 130 Å². The van der Waals surface area contributed by atoms with Gasteiger partial charge in [0.1, 0.15) is 0 Å². The number of carbonyl (C=O) groups excluding carboxylic acids is 1. The van der Waals surface area contributed by atoms with Crippen LogP contribution in [0.5, 0.6) is 0 Å². The molecule has 116 valence electrons. The van der Waals surface area contributed by atoms with E-state index in [2.05, 4.69) is 4.74 Å². The van der Waals surface area contributed by atoms with Crippen molar-refractivity contribution in [1.82, 2.24) is 0 Å². The Hall–Kier alpha value is -2.34. The van der Waals surface area contributed by atoms with E-state index >= 15 is 0 Å². The Bertz CT molecular complexity index is 799. The van der Waals surface area contributed by atoms with Crippen LogP contribution in [0.1, 0.15) is 15.9 Å². The first-order valence-electron chi connectivity index (χ1n) is 6.61. The molecule has 0 N–H and O–H groups in total. The number of hydrogen-bond acceptors (Lipinski definition) is 4. The van der Waals surface area contributed by atoms with Crippen LogP contribution in [0.25, 0.3) is 0 Å². The molecule has 6 heteroatoms. The van der Waals surface area contributed by atoms with Gasteiger partial charge in [-0.15, -0.1) is 0 Å². The van der Waals surface area contributed by atoms with Crippen LogP contribution in [0.15, 0.2) is 53.4 Å². The molecule has 2 aromatic rings. The van der Waals surface area contributed by atoms with Crippen LogP contribution in [0.4, 0.5) is 5.69 Å². The topological polar surface area (TPSA) is 63.7 Å². The summed E-state index contributed by atoms with van der Waals surface area (Å²) in [6.45, 7) is 1.84. The predicted molar refractivity (Wildman–Crippen MR) is 84.5 cm³/mol. The van der Waals surface area contributed by atoms with Crippen LogP contribution < -0.4 is 4.31 Å². The fraction of sp³-hybridized carbons (Fsp3) is 0.188. The lowest BCUT2D eigenvalue weighted by Gasteiger charge is -2.21. The summed E-state index contributed by atoms with van der Waals surface area (Å²) in [4.78, 5) is 11.6. The number of hydrogen-bond donors (Lipinski definition) is 0. The van der Waals surface area contributed by atoms with E-state index < -0.39 is 16.0 Å². The van der Waals surface area contributed by atoms with Gasteiger partial charge in [0, 0.05) is 7.05 Å². The average molecular weight is 319 g/mol. The van der Waals surface area contributed by atoms with Crippen molar-refractivity contribution in [2.45, 2.75) is 11.8 Å². The maximum Gasteiger partial charge on any atom is 0.337 e. The molecule has 0 aliphatic rings. The number of esters is 1. The molecule has 0 bridgehead atoms. The summed E-state index contributed by atoms with van der Waals surface area (Å²) < 4.78 is 31.3. The van der Waals surface area contributed by atoms with Crippen molar-refractivity contribution >= 4 is 21.7 Å². The molecule has 0 atom stereocenters. The summed E-state index contributed by atoms with van der Waals surface area (Å²) in [5.74, 6) is -0.574. The molecule has 0 saturated carbocycles. The largest absolute Gasteiger partial charge is 0.465 e. The van der Waals surface area contributed by atoms with Crippen molar-refractivity contribution < 1.29 is 17.9 Å². The van der Waals surface area contributed by atoms with Gasteiger partial charge in [-0.3, -0.25) is 4.31 Å². The van der Waals surface area contributed by atoms with E-state index in [-0.39, 0.29) is 10.5 Å². The first kappa shape index (κ1) is 16.0. The normalized spacial score (nSPS) is 11.0. The second kappa shape index (κ2) is 6.19. The van der Waals surface area contributed by atoms with Gasteiger partial charge in [-0.05, 0) is 36.8 Å². The van der Waals surface area contributed by atoms with Crippen LogP contribution in [-0.2, 0) is 14.8 Å². The minimum atomic E-state index is -3.75. The molecule has 0 saturated heterocycles. The first-order valence-corrected chi connectivity index (χ1v) is 8.05. The Morgan fingerprint density at radius 2 is 1.77 bits per heavy atom. The summed E-state index contributed by atoms with van der Waals surface area (Å²) in [6, 6.07) is 13.0. The van der Waals surface area contributed by atoms with Crippen molar-refractivity contribution in [3.8, 4) is 0 Å². The minimum Gasteiger partial charge on any atom is -0.465 e. The van der Waals surface area contributed by atoms with Gasteiger partial charge >= 0.3 is 5.97 Å². The number of anilines is 1. The molecule has 0 aliphatic heterocycles. The number of rotatable bonds is 4. The summed E-state index contributed by atoms with van der Waals surface area (Å²) in [5.41, 5.74) is 1.63. The highest BCUT2D eigenvalue weighted by molar-refractivity contribution is 7.92. The highest BCUT2D eigenvalue weighted by Gasteiger charge is 2.23. The fourth-order valence-corrected chi connectivity index (χ4v) is 3.41. The third-order valence-corrected chi connectivity index (χ3v) is 5.14.